The lowest BCUT2D eigenvalue weighted by molar-refractivity contribution is 0.0360. The second kappa shape index (κ2) is 9.02. The van der Waals surface area contributed by atoms with Gasteiger partial charge in [0.15, 0.2) is 11.5 Å². The number of nitrogens with one attached hydrogen (secondary N) is 1. The van der Waals surface area contributed by atoms with Crippen LogP contribution in [0.15, 0.2) is 49.1 Å². The number of methoxy groups -OCH3 is 2. The number of morpholine rings is 1. The van der Waals surface area contributed by atoms with Crippen molar-refractivity contribution in [3.63, 3.8) is 0 Å². The van der Waals surface area contributed by atoms with E-state index in [0.29, 0.717) is 11.5 Å². The summed E-state index contributed by atoms with van der Waals surface area (Å²) in [6.07, 6.45) is 7.89. The van der Waals surface area contributed by atoms with Crippen LogP contribution in [0.3, 0.4) is 0 Å². The molecule has 3 aromatic heterocycles. The molecule has 0 saturated carbocycles. The highest BCUT2D eigenvalue weighted by molar-refractivity contribution is 5.95. The van der Waals surface area contributed by atoms with E-state index in [9.17, 15) is 0 Å². The first-order chi connectivity index (χ1) is 15.7. The highest BCUT2D eigenvalue weighted by Crippen LogP contribution is 2.35. The number of pyridine rings is 1. The molecule has 1 aliphatic heterocycles. The average Bonchev–Trinajstić information content (AvgIpc) is 3.49. The van der Waals surface area contributed by atoms with Crippen LogP contribution in [0.25, 0.3) is 33.3 Å². The van der Waals surface area contributed by atoms with Crippen LogP contribution < -0.4 is 9.47 Å². The number of benzene rings is 1. The van der Waals surface area contributed by atoms with Gasteiger partial charge in [0.2, 0.25) is 0 Å². The molecule has 4 aromatic rings. The third kappa shape index (κ3) is 4.06. The zero-order valence-corrected chi connectivity index (χ0v) is 18.4. The molecule has 8 heteroatoms. The number of rotatable bonds is 7. The number of hydrogen-bond acceptors (Lipinski definition) is 6. The molecule has 0 radical (unpaired) electrons. The van der Waals surface area contributed by atoms with E-state index in [-0.39, 0.29) is 0 Å². The SMILES string of the molecule is COc1ccc(-c2cnc3[nH]cc(-c4cnn(CCN5CCOCC5)c4)c3c2)cc1OC. The number of aromatic nitrogens is 4. The number of aromatic amines is 1. The maximum Gasteiger partial charge on any atom is 0.161 e. The van der Waals surface area contributed by atoms with Gasteiger partial charge < -0.3 is 19.2 Å². The van der Waals surface area contributed by atoms with Crippen LogP contribution in [0.2, 0.25) is 0 Å². The third-order valence-corrected chi connectivity index (χ3v) is 5.94. The standard InChI is InChI=1S/C24H27N5O3/c1-30-22-4-3-17(12-23(22)31-2)18-11-20-21(15-26-24(20)25-13-18)19-14-27-29(16-19)6-5-28-7-9-32-10-8-28/h3-4,11-16H,5-10H2,1-2H3,(H,25,26). The molecule has 1 aliphatic rings. The summed E-state index contributed by atoms with van der Waals surface area (Å²) >= 11 is 0. The molecular weight excluding hydrogens is 406 g/mol. The van der Waals surface area contributed by atoms with Crippen LogP contribution in [0, 0.1) is 0 Å². The van der Waals surface area contributed by atoms with Gasteiger partial charge in [-0.1, -0.05) is 6.07 Å². The second-order valence-electron chi connectivity index (χ2n) is 7.84. The zero-order chi connectivity index (χ0) is 21.9. The van der Waals surface area contributed by atoms with Crippen LogP contribution in [-0.2, 0) is 11.3 Å². The lowest BCUT2D eigenvalue weighted by atomic mass is 10.0. The zero-order valence-electron chi connectivity index (χ0n) is 18.4. The van der Waals surface area contributed by atoms with Crippen molar-refractivity contribution in [2.75, 3.05) is 47.1 Å². The molecule has 5 rings (SSSR count). The average molecular weight is 434 g/mol. The maximum atomic E-state index is 5.46. The predicted molar refractivity (Wildman–Crippen MR) is 123 cm³/mol. The van der Waals surface area contributed by atoms with Crippen molar-refractivity contribution < 1.29 is 14.2 Å². The Kier molecular flexibility index (Phi) is 5.79. The molecule has 1 aromatic carbocycles. The van der Waals surface area contributed by atoms with Crippen LogP contribution in [-0.4, -0.2) is 71.7 Å². The fourth-order valence-corrected chi connectivity index (χ4v) is 4.11. The van der Waals surface area contributed by atoms with Crippen molar-refractivity contribution in [3.05, 3.63) is 49.1 Å². The van der Waals surface area contributed by atoms with Gasteiger partial charge in [-0.25, -0.2) is 4.98 Å². The summed E-state index contributed by atoms with van der Waals surface area (Å²) in [5.74, 6) is 1.40. The lowest BCUT2D eigenvalue weighted by Crippen LogP contribution is -2.38. The molecule has 4 heterocycles. The summed E-state index contributed by atoms with van der Waals surface area (Å²) in [5, 5.41) is 5.64. The Morgan fingerprint density at radius 1 is 0.969 bits per heavy atom. The van der Waals surface area contributed by atoms with Crippen LogP contribution in [0.4, 0.5) is 0 Å². The smallest absolute Gasteiger partial charge is 0.161 e. The molecule has 0 spiro atoms. The van der Waals surface area contributed by atoms with Gasteiger partial charge in [0, 0.05) is 60.3 Å². The van der Waals surface area contributed by atoms with Gasteiger partial charge in [-0.15, -0.1) is 0 Å². The van der Waals surface area contributed by atoms with E-state index in [2.05, 4.69) is 32.2 Å². The van der Waals surface area contributed by atoms with Gasteiger partial charge in [-0.2, -0.15) is 5.10 Å². The summed E-state index contributed by atoms with van der Waals surface area (Å²) in [5.41, 5.74) is 5.05. The Morgan fingerprint density at radius 3 is 2.62 bits per heavy atom. The minimum absolute atomic E-state index is 0.695. The van der Waals surface area contributed by atoms with Gasteiger partial charge in [-0.05, 0) is 23.8 Å². The molecule has 1 fully saturated rings. The molecular formula is C24H27N5O3. The van der Waals surface area contributed by atoms with Crippen LogP contribution in [0.5, 0.6) is 11.5 Å². The number of ether oxygens (including phenoxy) is 3. The van der Waals surface area contributed by atoms with Gasteiger partial charge in [-0.3, -0.25) is 9.58 Å². The molecule has 8 nitrogen and oxygen atoms in total. The number of hydrogen-bond donors (Lipinski definition) is 1. The first-order valence-corrected chi connectivity index (χ1v) is 10.8. The summed E-state index contributed by atoms with van der Waals surface area (Å²) in [4.78, 5) is 10.3. The number of nitrogens with zero attached hydrogens (tertiary/aromatic N) is 4. The van der Waals surface area contributed by atoms with E-state index >= 15 is 0 Å². The van der Waals surface area contributed by atoms with Crippen LogP contribution in [0.1, 0.15) is 0 Å². The number of fused-ring (bicyclic) bond motifs is 1. The van der Waals surface area contributed by atoms with Crippen LogP contribution >= 0.6 is 0 Å². The highest BCUT2D eigenvalue weighted by Gasteiger charge is 2.14. The molecule has 0 amide bonds. The Hall–Kier alpha value is -3.36. The molecule has 1 N–H and O–H groups in total. The molecule has 0 aliphatic carbocycles. The van der Waals surface area contributed by atoms with Crippen molar-refractivity contribution in [2.24, 2.45) is 0 Å². The Labute approximate surface area is 186 Å². The fraction of sp³-hybridized carbons (Fsp3) is 0.333. The second-order valence-corrected chi connectivity index (χ2v) is 7.84. The van der Waals surface area contributed by atoms with Gasteiger partial charge in [0.25, 0.3) is 0 Å². The molecule has 32 heavy (non-hydrogen) atoms. The van der Waals surface area contributed by atoms with Crippen molar-refractivity contribution in [1.82, 2.24) is 24.6 Å². The Bertz CT molecular complexity index is 1210. The normalized spacial score (nSPS) is 14.7. The third-order valence-electron chi connectivity index (χ3n) is 5.94. The van der Waals surface area contributed by atoms with Crippen molar-refractivity contribution >= 4 is 11.0 Å². The highest BCUT2D eigenvalue weighted by atomic mass is 16.5. The van der Waals surface area contributed by atoms with E-state index in [4.69, 9.17) is 14.2 Å². The molecule has 166 valence electrons. The monoisotopic (exact) mass is 433 g/mol. The van der Waals surface area contributed by atoms with Gasteiger partial charge >= 0.3 is 0 Å². The molecule has 0 bridgehead atoms. The Balaban J connectivity index is 1.40. The quantitative estimate of drug-likeness (QED) is 0.481. The maximum absolute atomic E-state index is 5.46. The van der Waals surface area contributed by atoms with Crippen molar-refractivity contribution in [1.29, 1.82) is 0 Å². The predicted octanol–water partition coefficient (Wildman–Crippen LogP) is 3.44. The summed E-state index contributed by atoms with van der Waals surface area (Å²) in [6, 6.07) is 8.05. The number of H-pyrrole nitrogens is 1. The van der Waals surface area contributed by atoms with Crippen molar-refractivity contribution in [2.45, 2.75) is 6.54 Å². The largest absolute Gasteiger partial charge is 0.493 e. The van der Waals surface area contributed by atoms with Gasteiger partial charge in [0.1, 0.15) is 5.65 Å². The fourth-order valence-electron chi connectivity index (χ4n) is 4.11. The molecule has 0 atom stereocenters. The molecule has 1 saturated heterocycles. The summed E-state index contributed by atoms with van der Waals surface area (Å²) in [6.45, 7) is 5.44. The van der Waals surface area contributed by atoms with Gasteiger partial charge in [0.05, 0.1) is 40.2 Å². The van der Waals surface area contributed by atoms with E-state index in [1.54, 1.807) is 14.2 Å². The minimum Gasteiger partial charge on any atom is -0.493 e. The van der Waals surface area contributed by atoms with Crippen molar-refractivity contribution in [3.8, 4) is 33.8 Å². The Morgan fingerprint density at radius 2 is 1.81 bits per heavy atom. The summed E-state index contributed by atoms with van der Waals surface area (Å²) in [7, 11) is 3.28. The lowest BCUT2D eigenvalue weighted by Gasteiger charge is -2.26. The first-order valence-electron chi connectivity index (χ1n) is 10.8. The van der Waals surface area contributed by atoms with E-state index in [1.165, 1.54) is 0 Å². The topological polar surface area (TPSA) is 77.4 Å². The summed E-state index contributed by atoms with van der Waals surface area (Å²) < 4.78 is 18.3. The molecule has 0 unspecified atom stereocenters. The first kappa shape index (κ1) is 20.5. The minimum atomic E-state index is 0.695. The van der Waals surface area contributed by atoms with E-state index < -0.39 is 0 Å². The van der Waals surface area contributed by atoms with E-state index in [0.717, 1.165) is 72.7 Å². The van der Waals surface area contributed by atoms with E-state index in [1.807, 2.05) is 41.5 Å².